The van der Waals surface area contributed by atoms with Gasteiger partial charge in [0.05, 0.1) is 10.7 Å². The van der Waals surface area contributed by atoms with Crippen molar-refractivity contribution in [2.45, 2.75) is 43.5 Å². The summed E-state index contributed by atoms with van der Waals surface area (Å²) in [5.74, 6) is 0.604. The molecule has 0 fully saturated rings. The van der Waals surface area contributed by atoms with Crippen LogP contribution in [-0.4, -0.2) is 20.0 Å². The van der Waals surface area contributed by atoms with Gasteiger partial charge in [0.15, 0.2) is 0 Å². The van der Waals surface area contributed by atoms with Crippen LogP contribution in [0.25, 0.3) is 11.1 Å². The van der Waals surface area contributed by atoms with Crippen molar-refractivity contribution in [1.82, 2.24) is 14.9 Å². The van der Waals surface area contributed by atoms with Crippen molar-refractivity contribution in [3.63, 3.8) is 0 Å². The summed E-state index contributed by atoms with van der Waals surface area (Å²) in [6.07, 6.45) is 5.86. The van der Waals surface area contributed by atoms with Gasteiger partial charge in [0.2, 0.25) is 5.88 Å². The Morgan fingerprint density at radius 2 is 1.89 bits per heavy atom. The summed E-state index contributed by atoms with van der Waals surface area (Å²) in [6.45, 7) is 7.65. The van der Waals surface area contributed by atoms with E-state index in [1.807, 2.05) is 88.4 Å². The fourth-order valence-electron chi connectivity index (χ4n) is 4.10. The second-order valence-corrected chi connectivity index (χ2v) is 9.47. The lowest BCUT2D eigenvalue weighted by Gasteiger charge is -2.21. The number of nitrogens with one attached hydrogen (secondary N) is 1. The van der Waals surface area contributed by atoms with E-state index in [0.717, 1.165) is 45.5 Å². The van der Waals surface area contributed by atoms with Crippen LogP contribution >= 0.6 is 23.4 Å². The molecule has 4 aromatic rings. The number of H-pyrrole nitrogens is 1. The molecule has 2 aromatic heterocycles. The summed E-state index contributed by atoms with van der Waals surface area (Å²) in [5.41, 5.74) is 4.18. The number of nitrogens with zero attached hydrogens (tertiary/aromatic N) is 2. The van der Waals surface area contributed by atoms with Crippen LogP contribution in [-0.2, 0) is 0 Å². The van der Waals surface area contributed by atoms with E-state index in [1.165, 1.54) is 4.68 Å². The molecule has 0 saturated heterocycles. The summed E-state index contributed by atoms with van der Waals surface area (Å²) < 4.78 is 6.82. The van der Waals surface area contributed by atoms with Gasteiger partial charge in [-0.1, -0.05) is 83.1 Å². The van der Waals surface area contributed by atoms with Gasteiger partial charge in [0, 0.05) is 10.5 Å². The first kappa shape index (κ1) is 24.7. The van der Waals surface area contributed by atoms with Crippen molar-refractivity contribution in [1.29, 1.82) is 0 Å². The molecule has 0 saturated carbocycles. The van der Waals surface area contributed by atoms with Crippen LogP contribution in [0.5, 0.6) is 5.88 Å². The Bertz CT molecular complexity index is 1440. The van der Waals surface area contributed by atoms with E-state index in [1.54, 1.807) is 6.07 Å². The smallest absolute Gasteiger partial charge is 0.282 e. The Morgan fingerprint density at radius 1 is 1.17 bits per heavy atom. The predicted molar refractivity (Wildman–Crippen MR) is 140 cm³/mol. The number of benzene rings is 2. The summed E-state index contributed by atoms with van der Waals surface area (Å²) in [6, 6.07) is 14.7. The second kappa shape index (κ2) is 10.5. The highest BCUT2D eigenvalue weighted by atomic mass is 35.5. The Morgan fingerprint density at radius 3 is 2.49 bits per heavy atom. The SMILES string of the molecule is C/C=C\C(=C/C)C(c1ccc(-c2c(C)noc2C)cc1)n1[nH]c(=O)c(Sc2ccccc2Cl)c1O. The van der Waals surface area contributed by atoms with E-state index in [2.05, 4.69) is 10.3 Å². The Labute approximate surface area is 212 Å². The Balaban J connectivity index is 1.80. The van der Waals surface area contributed by atoms with E-state index in [4.69, 9.17) is 16.1 Å². The maximum Gasteiger partial charge on any atom is 0.282 e. The van der Waals surface area contributed by atoms with Crippen LogP contribution in [0, 0.1) is 13.8 Å². The van der Waals surface area contributed by atoms with Gasteiger partial charge >= 0.3 is 0 Å². The van der Waals surface area contributed by atoms with E-state index in [9.17, 15) is 9.90 Å². The van der Waals surface area contributed by atoms with E-state index >= 15 is 0 Å². The number of aromatic amines is 1. The van der Waals surface area contributed by atoms with Crippen molar-refractivity contribution in [2.24, 2.45) is 0 Å². The molecule has 0 bridgehead atoms. The van der Waals surface area contributed by atoms with Gasteiger partial charge in [0.1, 0.15) is 16.7 Å². The number of hydrogen-bond acceptors (Lipinski definition) is 5. The Hall–Kier alpha value is -3.42. The molecule has 0 aliphatic rings. The quantitative estimate of drug-likeness (QED) is 0.261. The van der Waals surface area contributed by atoms with Gasteiger partial charge in [-0.2, -0.15) is 0 Å². The van der Waals surface area contributed by atoms with E-state index < -0.39 is 6.04 Å². The lowest BCUT2D eigenvalue weighted by Crippen LogP contribution is -2.16. The minimum absolute atomic E-state index is 0.149. The van der Waals surface area contributed by atoms with Crippen molar-refractivity contribution in [3.8, 4) is 17.0 Å². The van der Waals surface area contributed by atoms with Crippen LogP contribution in [0.1, 0.15) is 36.9 Å². The number of aromatic hydroxyl groups is 1. The van der Waals surface area contributed by atoms with Gasteiger partial charge in [-0.05, 0) is 56.5 Å². The summed E-state index contributed by atoms with van der Waals surface area (Å²) in [7, 11) is 0. The number of aromatic nitrogens is 3. The lowest BCUT2D eigenvalue weighted by molar-refractivity contribution is 0.384. The largest absolute Gasteiger partial charge is 0.493 e. The zero-order chi connectivity index (χ0) is 25.1. The van der Waals surface area contributed by atoms with Gasteiger partial charge in [-0.25, -0.2) is 4.68 Å². The third-order valence-corrected chi connectivity index (χ3v) is 7.31. The van der Waals surface area contributed by atoms with Gasteiger partial charge in [0.25, 0.3) is 5.56 Å². The highest BCUT2D eigenvalue weighted by molar-refractivity contribution is 7.99. The average Bonchev–Trinajstić information content (AvgIpc) is 3.33. The van der Waals surface area contributed by atoms with Crippen LogP contribution in [0.3, 0.4) is 0 Å². The molecular weight excluding hydrogens is 482 g/mol. The summed E-state index contributed by atoms with van der Waals surface area (Å²) in [5, 5.41) is 18.6. The number of halogens is 1. The second-order valence-electron chi connectivity index (χ2n) is 8.01. The van der Waals surface area contributed by atoms with Crippen molar-refractivity contribution in [2.75, 3.05) is 0 Å². The summed E-state index contributed by atoms with van der Waals surface area (Å²) in [4.78, 5) is 13.8. The Kier molecular flexibility index (Phi) is 7.38. The fraction of sp³-hybridized carbons (Fsp3) is 0.185. The molecule has 0 radical (unpaired) electrons. The topological polar surface area (TPSA) is 84.0 Å². The molecule has 0 aliphatic heterocycles. The molecule has 1 unspecified atom stereocenters. The van der Waals surface area contributed by atoms with Gasteiger partial charge in [-0.3, -0.25) is 9.89 Å². The fourth-order valence-corrected chi connectivity index (χ4v) is 5.21. The van der Waals surface area contributed by atoms with Crippen molar-refractivity contribution in [3.05, 3.63) is 105 Å². The van der Waals surface area contributed by atoms with Crippen molar-refractivity contribution < 1.29 is 9.63 Å². The molecule has 180 valence electrons. The predicted octanol–water partition coefficient (Wildman–Crippen LogP) is 7.07. The maximum absolute atomic E-state index is 12.9. The van der Waals surface area contributed by atoms with E-state index in [0.29, 0.717) is 9.92 Å². The van der Waals surface area contributed by atoms with Crippen LogP contribution in [0.4, 0.5) is 0 Å². The molecule has 2 heterocycles. The molecule has 35 heavy (non-hydrogen) atoms. The van der Waals surface area contributed by atoms with Crippen LogP contribution < -0.4 is 5.56 Å². The maximum atomic E-state index is 12.9. The van der Waals surface area contributed by atoms with Gasteiger partial charge < -0.3 is 9.63 Å². The van der Waals surface area contributed by atoms with Crippen molar-refractivity contribution >= 4 is 23.4 Å². The normalized spacial score (nSPS) is 13.0. The highest BCUT2D eigenvalue weighted by Gasteiger charge is 2.25. The van der Waals surface area contributed by atoms with Crippen LogP contribution in [0.2, 0.25) is 5.02 Å². The molecule has 0 spiro atoms. The summed E-state index contributed by atoms with van der Waals surface area (Å²) >= 11 is 7.42. The zero-order valence-electron chi connectivity index (χ0n) is 19.9. The molecule has 6 nitrogen and oxygen atoms in total. The third-order valence-electron chi connectivity index (χ3n) is 5.72. The molecule has 1 atom stereocenters. The minimum Gasteiger partial charge on any atom is -0.493 e. The monoisotopic (exact) mass is 507 g/mol. The first-order chi connectivity index (χ1) is 16.8. The van der Waals surface area contributed by atoms with Gasteiger partial charge in [-0.15, -0.1) is 0 Å². The molecule has 0 amide bonds. The standard InChI is InChI=1S/C27H26ClN3O3S/c1-5-9-18(6-2)24(20-14-12-19(13-15-20)23-16(3)30-34-17(23)4)31-27(33)25(26(32)29-31)35-22-11-8-7-10-21(22)28/h5-15,24,33H,1-4H3,(H,29,32)/b9-5-,18-6+. The lowest BCUT2D eigenvalue weighted by atomic mass is 9.95. The minimum atomic E-state index is -0.455. The molecule has 4 rings (SSSR count). The molecule has 8 heteroatoms. The molecule has 0 aliphatic carbocycles. The molecule has 2 aromatic carbocycles. The average molecular weight is 508 g/mol. The first-order valence-corrected chi connectivity index (χ1v) is 12.3. The number of aryl methyl sites for hydroxylation is 2. The molecular formula is C27H26ClN3O3S. The number of allylic oxidation sites excluding steroid dienone is 4. The molecule has 2 N–H and O–H groups in total. The third kappa shape index (κ3) is 4.88. The number of rotatable bonds is 7. The zero-order valence-corrected chi connectivity index (χ0v) is 21.4. The first-order valence-electron chi connectivity index (χ1n) is 11.1. The highest BCUT2D eigenvalue weighted by Crippen LogP contribution is 2.39. The van der Waals surface area contributed by atoms with E-state index in [-0.39, 0.29) is 16.3 Å². The van der Waals surface area contributed by atoms with Crippen LogP contribution in [0.15, 0.2) is 91.4 Å². The number of hydrogen-bond donors (Lipinski definition) is 2.